The minimum atomic E-state index is -0.224. The van der Waals surface area contributed by atoms with Gasteiger partial charge in [-0.15, -0.1) is 0 Å². The summed E-state index contributed by atoms with van der Waals surface area (Å²) in [6.07, 6.45) is 5.03. The molecule has 2 aromatic heterocycles. The molecular weight excluding hydrogens is 416 g/mol. The molecule has 0 saturated heterocycles. The summed E-state index contributed by atoms with van der Waals surface area (Å²) in [5.41, 5.74) is 4.48. The predicted octanol–water partition coefficient (Wildman–Crippen LogP) is 4.72. The van der Waals surface area contributed by atoms with Crippen molar-refractivity contribution in [1.82, 2.24) is 14.6 Å². The Kier molecular flexibility index (Phi) is 4.88. The molecule has 138 valence electrons. The van der Waals surface area contributed by atoms with Gasteiger partial charge in [0.05, 0.1) is 17.1 Å². The number of fused-ring (bicyclic) bond motifs is 1. The van der Waals surface area contributed by atoms with Crippen LogP contribution >= 0.6 is 15.9 Å². The molecule has 6 heteroatoms. The van der Waals surface area contributed by atoms with Gasteiger partial charge in [0.25, 0.3) is 5.56 Å². The summed E-state index contributed by atoms with van der Waals surface area (Å²) in [7, 11) is 0. The molecule has 0 atom stereocenters. The molecule has 2 aromatic carbocycles. The molecule has 0 spiro atoms. The third kappa shape index (κ3) is 3.51. The minimum Gasteiger partial charge on any atom is -0.267 e. The lowest BCUT2D eigenvalue weighted by Crippen LogP contribution is -2.20. The van der Waals surface area contributed by atoms with Gasteiger partial charge in [-0.05, 0) is 60.9 Å². The third-order valence-electron chi connectivity index (χ3n) is 4.60. The Balaban J connectivity index is 1.94. The van der Waals surface area contributed by atoms with E-state index in [4.69, 9.17) is 4.98 Å². The highest BCUT2D eigenvalue weighted by Crippen LogP contribution is 2.21. The summed E-state index contributed by atoms with van der Waals surface area (Å²) in [6, 6.07) is 15.1. The number of rotatable bonds is 3. The van der Waals surface area contributed by atoms with Crippen molar-refractivity contribution >= 4 is 33.0 Å². The van der Waals surface area contributed by atoms with E-state index in [9.17, 15) is 4.79 Å². The van der Waals surface area contributed by atoms with Crippen LogP contribution in [0.4, 0.5) is 0 Å². The van der Waals surface area contributed by atoms with E-state index in [-0.39, 0.29) is 5.56 Å². The maximum absolute atomic E-state index is 13.2. The molecule has 0 aliphatic carbocycles. The van der Waals surface area contributed by atoms with Crippen LogP contribution in [-0.2, 0) is 0 Å². The van der Waals surface area contributed by atoms with Crippen molar-refractivity contribution in [3.63, 3.8) is 0 Å². The fourth-order valence-electron chi connectivity index (χ4n) is 2.91. The first kappa shape index (κ1) is 18.3. The van der Waals surface area contributed by atoms with Gasteiger partial charge in [-0.1, -0.05) is 34.1 Å². The van der Waals surface area contributed by atoms with E-state index in [0.717, 1.165) is 15.6 Å². The van der Waals surface area contributed by atoms with Gasteiger partial charge in [-0.3, -0.25) is 9.78 Å². The predicted molar refractivity (Wildman–Crippen MR) is 116 cm³/mol. The normalized spacial score (nSPS) is 11.4. The van der Waals surface area contributed by atoms with Gasteiger partial charge in [0, 0.05) is 22.4 Å². The van der Waals surface area contributed by atoms with Crippen molar-refractivity contribution in [1.29, 1.82) is 0 Å². The number of aryl methyl sites for hydroxylation is 2. The Hall–Kier alpha value is -3.12. The Labute approximate surface area is 170 Å². The van der Waals surface area contributed by atoms with Crippen LogP contribution in [0, 0.1) is 13.8 Å². The van der Waals surface area contributed by atoms with Crippen LogP contribution in [0.25, 0.3) is 22.3 Å². The molecule has 0 bridgehead atoms. The van der Waals surface area contributed by atoms with Crippen molar-refractivity contribution in [2.45, 2.75) is 13.8 Å². The summed E-state index contributed by atoms with van der Waals surface area (Å²) in [6.45, 7) is 4.11. The summed E-state index contributed by atoms with van der Waals surface area (Å²) >= 11 is 3.42. The average Bonchev–Trinajstić information content (AvgIpc) is 2.71. The first-order valence-electron chi connectivity index (χ1n) is 8.77. The molecule has 0 saturated carbocycles. The Morgan fingerprint density at radius 3 is 2.54 bits per heavy atom. The molecule has 0 aliphatic rings. The molecule has 0 amide bonds. The first-order valence-corrected chi connectivity index (χ1v) is 9.56. The first-order chi connectivity index (χ1) is 13.5. The van der Waals surface area contributed by atoms with E-state index < -0.39 is 0 Å². The van der Waals surface area contributed by atoms with Crippen molar-refractivity contribution in [3.8, 4) is 11.4 Å². The molecule has 2 heterocycles. The molecule has 0 aliphatic heterocycles. The lowest BCUT2D eigenvalue weighted by atomic mass is 10.1. The van der Waals surface area contributed by atoms with E-state index >= 15 is 0 Å². The Morgan fingerprint density at radius 1 is 1.00 bits per heavy atom. The van der Waals surface area contributed by atoms with Crippen molar-refractivity contribution < 1.29 is 0 Å². The van der Waals surface area contributed by atoms with Gasteiger partial charge >= 0.3 is 0 Å². The topological polar surface area (TPSA) is 60.1 Å². The lowest BCUT2D eigenvalue weighted by molar-refractivity contribution is 0.829. The van der Waals surface area contributed by atoms with Crippen LogP contribution < -0.4 is 5.56 Å². The van der Waals surface area contributed by atoms with Crippen LogP contribution in [0.3, 0.4) is 0 Å². The molecule has 4 rings (SSSR count). The Bertz CT molecular complexity index is 1260. The van der Waals surface area contributed by atoms with E-state index in [2.05, 4.69) is 39.9 Å². The zero-order chi connectivity index (χ0) is 19.7. The van der Waals surface area contributed by atoms with E-state index in [1.54, 1.807) is 24.7 Å². The third-order valence-corrected chi connectivity index (χ3v) is 5.09. The largest absolute Gasteiger partial charge is 0.282 e. The smallest absolute Gasteiger partial charge is 0.267 e. The number of hydrogen-bond acceptors (Lipinski definition) is 4. The molecule has 0 radical (unpaired) electrons. The average molecular weight is 433 g/mol. The number of halogens is 1. The van der Waals surface area contributed by atoms with Gasteiger partial charge in [0.1, 0.15) is 0 Å². The van der Waals surface area contributed by atoms with Crippen LogP contribution in [0.15, 0.2) is 75.3 Å². The van der Waals surface area contributed by atoms with Crippen molar-refractivity contribution in [2.24, 2.45) is 5.10 Å². The molecule has 0 unspecified atom stereocenters. The van der Waals surface area contributed by atoms with Crippen molar-refractivity contribution in [3.05, 3.63) is 92.4 Å². The van der Waals surface area contributed by atoms with Gasteiger partial charge in [0.15, 0.2) is 5.82 Å². The molecule has 0 N–H and O–H groups in total. The summed E-state index contributed by atoms with van der Waals surface area (Å²) in [5, 5.41) is 4.99. The summed E-state index contributed by atoms with van der Waals surface area (Å²) < 4.78 is 2.17. The second kappa shape index (κ2) is 7.48. The lowest BCUT2D eigenvalue weighted by Gasteiger charge is -2.09. The summed E-state index contributed by atoms with van der Waals surface area (Å²) in [5.74, 6) is 0.474. The fourth-order valence-corrected chi connectivity index (χ4v) is 3.27. The summed E-state index contributed by atoms with van der Waals surface area (Å²) in [4.78, 5) is 21.9. The van der Waals surface area contributed by atoms with Crippen LogP contribution in [-0.4, -0.2) is 20.9 Å². The van der Waals surface area contributed by atoms with E-state index in [0.29, 0.717) is 16.7 Å². The molecule has 5 nitrogen and oxygen atoms in total. The van der Waals surface area contributed by atoms with Crippen LogP contribution in [0.1, 0.15) is 16.7 Å². The molecule has 28 heavy (non-hydrogen) atoms. The van der Waals surface area contributed by atoms with Gasteiger partial charge in [-0.25, -0.2) is 4.98 Å². The van der Waals surface area contributed by atoms with Crippen LogP contribution in [0.2, 0.25) is 0 Å². The maximum Gasteiger partial charge on any atom is 0.282 e. The van der Waals surface area contributed by atoms with Crippen LogP contribution in [0.5, 0.6) is 0 Å². The van der Waals surface area contributed by atoms with Gasteiger partial charge < -0.3 is 0 Å². The van der Waals surface area contributed by atoms with E-state index in [1.165, 1.54) is 15.8 Å². The van der Waals surface area contributed by atoms with Gasteiger partial charge in [-0.2, -0.15) is 9.78 Å². The SMILES string of the molecule is Cc1ccc(C=Nn2c(-c3ccncc3)nc3ccc(Br)cc3c2=O)cc1C. The van der Waals surface area contributed by atoms with E-state index in [1.807, 2.05) is 42.5 Å². The minimum absolute atomic E-state index is 0.224. The fraction of sp³-hybridized carbons (Fsp3) is 0.0909. The zero-order valence-corrected chi connectivity index (χ0v) is 17.0. The molecule has 4 aromatic rings. The second-order valence-electron chi connectivity index (χ2n) is 6.54. The highest BCUT2D eigenvalue weighted by atomic mass is 79.9. The number of hydrogen-bond donors (Lipinski definition) is 0. The maximum atomic E-state index is 13.2. The standard InChI is InChI=1S/C22H17BrN4O/c1-14-3-4-16(11-15(14)2)13-25-27-21(17-7-9-24-10-8-17)26-20-6-5-18(23)12-19(20)22(27)28/h3-13H,1-2H3. The second-order valence-corrected chi connectivity index (χ2v) is 7.45. The Morgan fingerprint density at radius 2 is 1.79 bits per heavy atom. The monoisotopic (exact) mass is 432 g/mol. The molecular formula is C22H17BrN4O. The highest BCUT2D eigenvalue weighted by Gasteiger charge is 2.12. The van der Waals surface area contributed by atoms with Crippen molar-refractivity contribution in [2.75, 3.05) is 0 Å². The quantitative estimate of drug-likeness (QED) is 0.440. The molecule has 0 fully saturated rings. The number of aromatic nitrogens is 3. The van der Waals surface area contributed by atoms with Gasteiger partial charge in [0.2, 0.25) is 0 Å². The zero-order valence-electron chi connectivity index (χ0n) is 15.4. The number of benzene rings is 2. The number of pyridine rings is 1. The number of nitrogens with zero attached hydrogens (tertiary/aromatic N) is 4. The highest BCUT2D eigenvalue weighted by molar-refractivity contribution is 9.10.